The predicted molar refractivity (Wildman–Crippen MR) is 274 cm³/mol. The monoisotopic (exact) mass is 961 g/mol. The number of nitrogens with zero attached hydrogens (tertiary/aromatic N) is 4. The number of rotatable bonds is 14. The molecule has 2 spiro atoms. The van der Waals surface area contributed by atoms with Crippen LogP contribution in [0.2, 0.25) is 0 Å². The van der Waals surface area contributed by atoms with Crippen LogP contribution in [-0.4, -0.2) is 93.1 Å². The van der Waals surface area contributed by atoms with Gasteiger partial charge in [-0.25, -0.2) is 19.6 Å². The molecule has 2 aliphatic carbocycles. The smallest absolute Gasteiger partial charge is 0.407 e. The fourth-order valence-electron chi connectivity index (χ4n) is 11.4. The van der Waals surface area contributed by atoms with Crippen LogP contribution < -0.4 is 10.6 Å². The Morgan fingerprint density at radius 3 is 1.58 bits per heavy atom. The molecule has 6 aromatic rings. The number of aromatic nitrogens is 4. The molecule has 2 saturated carbocycles. The van der Waals surface area contributed by atoms with E-state index >= 15 is 0 Å². The molecule has 372 valence electrons. The van der Waals surface area contributed by atoms with Gasteiger partial charge in [-0.15, -0.1) is 0 Å². The van der Waals surface area contributed by atoms with Crippen LogP contribution in [0.5, 0.6) is 0 Å². The summed E-state index contributed by atoms with van der Waals surface area (Å²) in [6.07, 6.45) is 7.40. The summed E-state index contributed by atoms with van der Waals surface area (Å²) in [4.78, 5) is 74.2. The molecule has 4 aliphatic rings. The molecule has 2 saturated heterocycles. The van der Waals surface area contributed by atoms with Gasteiger partial charge in [-0.2, -0.15) is 0 Å². The number of aryl methyl sites for hydroxylation is 4. The number of alkyl carbamates (subject to hydrolysis) is 2. The van der Waals surface area contributed by atoms with Crippen LogP contribution in [0.15, 0.2) is 72.8 Å². The normalized spacial score (nSPS) is 19.5. The van der Waals surface area contributed by atoms with Gasteiger partial charge in [0.15, 0.2) is 0 Å². The van der Waals surface area contributed by atoms with Gasteiger partial charge in [0.05, 0.1) is 48.4 Å². The highest BCUT2D eigenvalue weighted by molar-refractivity contribution is 5.89. The van der Waals surface area contributed by atoms with Gasteiger partial charge in [0, 0.05) is 13.1 Å². The van der Waals surface area contributed by atoms with Crippen LogP contribution in [0.4, 0.5) is 9.59 Å². The summed E-state index contributed by atoms with van der Waals surface area (Å²) in [6, 6.07) is 24.6. The topological polar surface area (TPSA) is 175 Å². The van der Waals surface area contributed by atoms with Crippen LogP contribution >= 0.6 is 0 Å². The number of benzene rings is 4. The van der Waals surface area contributed by atoms with E-state index in [1.807, 2.05) is 37.5 Å². The van der Waals surface area contributed by atoms with Crippen molar-refractivity contribution in [2.75, 3.05) is 27.3 Å². The predicted octanol–water partition coefficient (Wildman–Crippen LogP) is 10.3. The van der Waals surface area contributed by atoms with E-state index in [2.05, 4.69) is 107 Å². The number of fused-ring (bicyclic) bond motifs is 2. The molecule has 4 fully saturated rings. The van der Waals surface area contributed by atoms with Gasteiger partial charge in [-0.05, 0) is 151 Å². The van der Waals surface area contributed by atoms with Crippen molar-refractivity contribution in [3.05, 3.63) is 107 Å². The maximum atomic E-state index is 14.1. The average molecular weight is 961 g/mol. The second-order valence-electron chi connectivity index (χ2n) is 21.8. The highest BCUT2D eigenvalue weighted by atomic mass is 16.5. The Bertz CT molecular complexity index is 3040. The van der Waals surface area contributed by atoms with Gasteiger partial charge in [0.25, 0.3) is 0 Å². The molecule has 4 amide bonds. The van der Waals surface area contributed by atoms with Crippen molar-refractivity contribution in [2.45, 2.75) is 123 Å². The number of H-pyrrole nitrogens is 2. The summed E-state index contributed by atoms with van der Waals surface area (Å²) in [5.41, 5.74) is 13.3. The first kappa shape index (κ1) is 48.0. The van der Waals surface area contributed by atoms with Crippen LogP contribution in [0.1, 0.15) is 119 Å². The Balaban J connectivity index is 0.881. The number of hydrogen-bond acceptors (Lipinski definition) is 8. The number of carbonyl (C=O) groups is 4. The lowest BCUT2D eigenvalue weighted by Gasteiger charge is -2.30. The van der Waals surface area contributed by atoms with Crippen LogP contribution in [0.3, 0.4) is 0 Å². The van der Waals surface area contributed by atoms with E-state index in [1.54, 1.807) is 0 Å². The molecule has 4 atom stereocenters. The first-order valence-corrected chi connectivity index (χ1v) is 25.6. The number of likely N-dealkylation sites (tertiary alicyclic amines) is 2. The third-order valence-electron chi connectivity index (χ3n) is 16.0. The van der Waals surface area contributed by atoms with Gasteiger partial charge in [-0.3, -0.25) is 9.59 Å². The molecule has 10 rings (SSSR count). The number of imidazole rings is 2. The minimum absolute atomic E-state index is 0.100. The number of methoxy groups -OCH3 is 2. The lowest BCUT2D eigenvalue weighted by atomic mass is 9.91. The molecule has 4 aromatic carbocycles. The first-order valence-electron chi connectivity index (χ1n) is 25.6. The Morgan fingerprint density at radius 1 is 0.648 bits per heavy atom. The maximum absolute atomic E-state index is 14.1. The Kier molecular flexibility index (Phi) is 12.7. The van der Waals surface area contributed by atoms with E-state index < -0.39 is 24.3 Å². The molecule has 14 nitrogen and oxygen atoms in total. The molecule has 0 bridgehead atoms. The van der Waals surface area contributed by atoms with Crippen molar-refractivity contribution in [3.8, 4) is 22.3 Å². The molecule has 2 aliphatic heterocycles. The lowest BCUT2D eigenvalue weighted by Crippen LogP contribution is -2.51. The molecule has 4 heterocycles. The minimum Gasteiger partial charge on any atom is -0.453 e. The summed E-state index contributed by atoms with van der Waals surface area (Å²) in [7, 11) is 2.63. The van der Waals surface area contributed by atoms with Crippen LogP contribution in [-0.2, 0) is 38.3 Å². The number of nitrogens with one attached hydrogen (secondary N) is 4. The molecular formula is C57H68N8O6. The van der Waals surface area contributed by atoms with E-state index in [0.29, 0.717) is 13.1 Å². The second kappa shape index (κ2) is 18.8. The highest BCUT2D eigenvalue weighted by Gasteiger charge is 2.56. The zero-order valence-electron chi connectivity index (χ0n) is 42.4. The standard InChI is InChI=1S/C57H68N8O6/c1-9-36-14-11-35(25-41(36)39-17-19-43-45(27-39)61-51(59-43)47-29-57(22-23-57)31-65(47)53(67)49(33(4)5)63-55(69)71-8)12-15-37-13-10-34(6)24-40(37)38-16-18-42-44(26-38)60-50(58-42)46-28-56(20-21-56)30-64(46)52(66)48(32(2)3)62-54(68)70-7/h10-11,13-14,16-19,24-27,32-33,46-49H,9,12,15,20-23,28-31H2,1-8H3,(H,58,60)(H,59,61)(H,62,68)(H,63,69)/t46-,47-,48-,49-/m0/s1. The van der Waals surface area contributed by atoms with Crippen molar-refractivity contribution in [3.63, 3.8) is 0 Å². The minimum atomic E-state index is -0.695. The third-order valence-corrected chi connectivity index (χ3v) is 16.0. The van der Waals surface area contributed by atoms with E-state index in [1.165, 1.54) is 47.6 Å². The van der Waals surface area contributed by atoms with Crippen LogP contribution in [0, 0.1) is 29.6 Å². The summed E-state index contributed by atoms with van der Waals surface area (Å²) < 4.78 is 9.75. The maximum Gasteiger partial charge on any atom is 0.407 e. The molecular weight excluding hydrogens is 893 g/mol. The molecule has 0 unspecified atom stereocenters. The van der Waals surface area contributed by atoms with Crippen molar-refractivity contribution < 1.29 is 28.7 Å². The fourth-order valence-corrected chi connectivity index (χ4v) is 11.4. The van der Waals surface area contributed by atoms with Crippen molar-refractivity contribution in [1.82, 2.24) is 40.4 Å². The average Bonchev–Trinajstić information content (AvgIpc) is 4.02. The van der Waals surface area contributed by atoms with E-state index in [0.717, 1.165) is 103 Å². The lowest BCUT2D eigenvalue weighted by molar-refractivity contribution is -0.136. The molecule has 71 heavy (non-hydrogen) atoms. The number of carbonyl (C=O) groups excluding carboxylic acids is 4. The Labute approximate surface area is 416 Å². The van der Waals surface area contributed by atoms with E-state index in [-0.39, 0.29) is 46.6 Å². The van der Waals surface area contributed by atoms with Gasteiger partial charge in [0.2, 0.25) is 11.8 Å². The van der Waals surface area contributed by atoms with E-state index in [9.17, 15) is 19.2 Å². The van der Waals surface area contributed by atoms with Gasteiger partial charge in [-0.1, -0.05) is 88.7 Å². The van der Waals surface area contributed by atoms with Crippen molar-refractivity contribution >= 4 is 46.1 Å². The zero-order valence-corrected chi connectivity index (χ0v) is 42.4. The fraction of sp³-hybridized carbons (Fsp3) is 0.474. The van der Waals surface area contributed by atoms with E-state index in [4.69, 9.17) is 19.4 Å². The third kappa shape index (κ3) is 9.49. The quantitative estimate of drug-likeness (QED) is 0.0834. The van der Waals surface area contributed by atoms with Gasteiger partial charge >= 0.3 is 12.2 Å². The molecule has 4 N–H and O–H groups in total. The van der Waals surface area contributed by atoms with Gasteiger partial charge < -0.3 is 39.9 Å². The SMILES string of the molecule is CCc1ccc(CCc2ccc(C)cc2-c2ccc3[nH]c([C@@H]4CC5(CC5)CN4C(=O)[C@@H](NC(=O)OC)C(C)C)nc3c2)cc1-c1ccc2[nH]c([C@@H]3CC4(CC4)CN3C(=O)[C@@H](NC(=O)OC)C(C)C)nc2c1. The summed E-state index contributed by atoms with van der Waals surface area (Å²) in [5, 5.41) is 5.57. The summed E-state index contributed by atoms with van der Waals surface area (Å²) >= 11 is 0. The zero-order chi connectivity index (χ0) is 49.9. The number of ether oxygens (including phenoxy) is 2. The molecule has 14 heteroatoms. The number of aromatic amines is 2. The summed E-state index contributed by atoms with van der Waals surface area (Å²) in [5.74, 6) is 1.14. The van der Waals surface area contributed by atoms with Crippen molar-refractivity contribution in [2.24, 2.45) is 22.7 Å². The molecule has 2 aromatic heterocycles. The van der Waals surface area contributed by atoms with Gasteiger partial charge in [0.1, 0.15) is 23.7 Å². The Morgan fingerprint density at radius 2 is 1.13 bits per heavy atom. The van der Waals surface area contributed by atoms with Crippen LogP contribution in [0.25, 0.3) is 44.3 Å². The largest absolute Gasteiger partial charge is 0.453 e. The van der Waals surface area contributed by atoms with Crippen molar-refractivity contribution in [1.29, 1.82) is 0 Å². The molecule has 0 radical (unpaired) electrons. The highest BCUT2D eigenvalue weighted by Crippen LogP contribution is 2.59. The number of amides is 4. The second-order valence-corrected chi connectivity index (χ2v) is 21.8. The summed E-state index contributed by atoms with van der Waals surface area (Å²) in [6.45, 7) is 13.4. The first-order chi connectivity index (χ1) is 34.1. The Hall–Kier alpha value is -6.70. The number of hydrogen-bond donors (Lipinski definition) is 4.